The number of esters is 1. The number of hydrazone groups is 1. The van der Waals surface area contributed by atoms with E-state index >= 15 is 0 Å². The minimum atomic E-state index is -0.258. The van der Waals surface area contributed by atoms with E-state index in [9.17, 15) is 9.59 Å². The van der Waals surface area contributed by atoms with E-state index in [2.05, 4.69) is 5.10 Å². The van der Waals surface area contributed by atoms with Gasteiger partial charge < -0.3 is 18.8 Å². The van der Waals surface area contributed by atoms with Crippen LogP contribution in [0, 0.1) is 5.92 Å². The molecule has 4 rings (SSSR count). The van der Waals surface area contributed by atoms with Crippen molar-refractivity contribution >= 4 is 17.6 Å². The Morgan fingerprint density at radius 1 is 1.16 bits per heavy atom. The van der Waals surface area contributed by atoms with E-state index in [-0.39, 0.29) is 23.8 Å². The fourth-order valence-electron chi connectivity index (χ4n) is 4.30. The summed E-state index contributed by atoms with van der Waals surface area (Å²) in [6, 6.07) is 11.1. The Morgan fingerprint density at radius 2 is 1.90 bits per heavy atom. The average molecular weight is 426 g/mol. The van der Waals surface area contributed by atoms with Crippen LogP contribution in [0.1, 0.15) is 36.6 Å². The first-order valence-corrected chi connectivity index (χ1v) is 10.6. The number of rotatable bonds is 6. The maximum absolute atomic E-state index is 13.2. The van der Waals surface area contributed by atoms with E-state index in [1.807, 2.05) is 36.4 Å². The smallest absolute Gasteiger partial charge is 0.309 e. The zero-order chi connectivity index (χ0) is 21.8. The Morgan fingerprint density at radius 3 is 2.52 bits per heavy atom. The van der Waals surface area contributed by atoms with Crippen LogP contribution in [0.5, 0.6) is 5.75 Å². The van der Waals surface area contributed by atoms with Crippen molar-refractivity contribution in [2.75, 3.05) is 33.9 Å². The standard InChI is InChI=1S/C23H27N3O5/c1-29-18-7-5-16(6-8-18)19-14-20(21-4-3-13-31-21)26(24-19)22(27)15-25-11-9-17(10-12-25)23(28)30-2/h3-8,13,17,20H,9-12,14-15H2,1-2H3/p+1/t20-/m1/s1. The minimum Gasteiger partial charge on any atom is -0.497 e. The van der Waals surface area contributed by atoms with Gasteiger partial charge in [0.05, 0.1) is 45.2 Å². The maximum atomic E-state index is 13.2. The van der Waals surface area contributed by atoms with Gasteiger partial charge in [-0.1, -0.05) is 0 Å². The van der Waals surface area contributed by atoms with Gasteiger partial charge in [0.25, 0.3) is 5.91 Å². The van der Waals surface area contributed by atoms with Crippen LogP contribution in [0.15, 0.2) is 52.2 Å². The van der Waals surface area contributed by atoms with Gasteiger partial charge in [-0.15, -0.1) is 0 Å². The second-order valence-electron chi connectivity index (χ2n) is 7.97. The van der Waals surface area contributed by atoms with Crippen LogP contribution in [-0.2, 0) is 14.3 Å². The summed E-state index contributed by atoms with van der Waals surface area (Å²) in [5.41, 5.74) is 1.80. The van der Waals surface area contributed by atoms with Crippen molar-refractivity contribution in [1.82, 2.24) is 5.01 Å². The van der Waals surface area contributed by atoms with Crippen LogP contribution < -0.4 is 9.64 Å². The Labute approximate surface area is 181 Å². The Kier molecular flexibility index (Phi) is 6.36. The zero-order valence-corrected chi connectivity index (χ0v) is 17.9. The number of ether oxygens (including phenoxy) is 2. The van der Waals surface area contributed by atoms with Gasteiger partial charge in [0.1, 0.15) is 17.6 Å². The Bertz CT molecular complexity index is 931. The quantitative estimate of drug-likeness (QED) is 0.707. The van der Waals surface area contributed by atoms with Crippen molar-refractivity contribution in [1.29, 1.82) is 0 Å². The van der Waals surface area contributed by atoms with Crippen molar-refractivity contribution in [3.05, 3.63) is 54.0 Å². The van der Waals surface area contributed by atoms with Crippen LogP contribution >= 0.6 is 0 Å². The lowest BCUT2D eigenvalue weighted by Crippen LogP contribution is -3.14. The molecule has 3 heterocycles. The van der Waals surface area contributed by atoms with E-state index < -0.39 is 0 Å². The minimum absolute atomic E-state index is 0.0450. The van der Waals surface area contributed by atoms with Crippen LogP contribution in [0.2, 0.25) is 0 Å². The highest BCUT2D eigenvalue weighted by Gasteiger charge is 2.37. The van der Waals surface area contributed by atoms with E-state index in [1.54, 1.807) is 18.4 Å². The van der Waals surface area contributed by atoms with E-state index in [4.69, 9.17) is 13.9 Å². The lowest BCUT2D eigenvalue weighted by atomic mass is 9.97. The van der Waals surface area contributed by atoms with E-state index in [1.165, 1.54) is 7.11 Å². The number of piperidine rings is 1. The summed E-state index contributed by atoms with van der Waals surface area (Å²) in [5.74, 6) is 1.23. The van der Waals surface area contributed by atoms with Gasteiger partial charge in [-0.2, -0.15) is 5.10 Å². The molecule has 8 nitrogen and oxygen atoms in total. The number of hydrogen-bond donors (Lipinski definition) is 1. The lowest BCUT2D eigenvalue weighted by Gasteiger charge is -2.29. The van der Waals surface area contributed by atoms with E-state index in [0.29, 0.717) is 13.0 Å². The number of benzene rings is 1. The summed E-state index contributed by atoms with van der Waals surface area (Å²) >= 11 is 0. The van der Waals surface area contributed by atoms with Gasteiger partial charge in [0.2, 0.25) is 0 Å². The number of carbonyl (C=O) groups is 2. The summed E-state index contributed by atoms with van der Waals surface area (Å²) in [4.78, 5) is 26.1. The number of methoxy groups -OCH3 is 2. The van der Waals surface area contributed by atoms with Crippen LogP contribution in [0.3, 0.4) is 0 Å². The van der Waals surface area contributed by atoms with Crippen LogP contribution in [0.25, 0.3) is 0 Å². The maximum Gasteiger partial charge on any atom is 0.309 e. The molecule has 1 saturated heterocycles. The summed E-state index contributed by atoms with van der Waals surface area (Å²) < 4.78 is 15.7. The molecule has 164 valence electrons. The van der Waals surface area contributed by atoms with Gasteiger partial charge in [-0.25, -0.2) is 5.01 Å². The molecule has 1 aromatic carbocycles. The number of carbonyl (C=O) groups excluding carboxylic acids is 2. The van der Waals surface area contributed by atoms with Crippen molar-refractivity contribution < 1.29 is 28.4 Å². The highest BCUT2D eigenvalue weighted by Crippen LogP contribution is 2.33. The van der Waals surface area contributed by atoms with Gasteiger partial charge >= 0.3 is 5.97 Å². The number of nitrogens with zero attached hydrogens (tertiary/aromatic N) is 2. The summed E-state index contributed by atoms with van der Waals surface area (Å²) in [7, 11) is 3.05. The molecule has 2 aliphatic heterocycles. The third kappa shape index (κ3) is 4.64. The zero-order valence-electron chi connectivity index (χ0n) is 17.9. The fourth-order valence-corrected chi connectivity index (χ4v) is 4.30. The first-order valence-electron chi connectivity index (χ1n) is 10.6. The molecular formula is C23H28N3O5+. The predicted molar refractivity (Wildman–Crippen MR) is 113 cm³/mol. The molecule has 0 spiro atoms. The van der Waals surface area contributed by atoms with Gasteiger partial charge in [-0.05, 0) is 42.0 Å². The molecule has 1 amide bonds. The van der Waals surface area contributed by atoms with Gasteiger partial charge in [0.15, 0.2) is 6.54 Å². The van der Waals surface area contributed by atoms with Gasteiger partial charge in [-0.3, -0.25) is 9.59 Å². The highest BCUT2D eigenvalue weighted by molar-refractivity contribution is 6.03. The molecule has 1 atom stereocenters. The second-order valence-corrected chi connectivity index (χ2v) is 7.97. The Balaban J connectivity index is 1.47. The van der Waals surface area contributed by atoms with Crippen molar-refractivity contribution in [3.8, 4) is 5.75 Å². The number of likely N-dealkylation sites (tertiary alicyclic amines) is 1. The monoisotopic (exact) mass is 426 g/mol. The average Bonchev–Trinajstić information content (AvgIpc) is 3.49. The van der Waals surface area contributed by atoms with Crippen LogP contribution in [0.4, 0.5) is 0 Å². The molecule has 0 unspecified atom stereocenters. The molecule has 0 radical (unpaired) electrons. The number of nitrogens with one attached hydrogen (secondary N) is 1. The SMILES string of the molecule is COC(=O)C1CC[NH+](CC(=O)N2N=C(c3ccc(OC)cc3)C[C@@H]2c2ccco2)CC1. The Hall–Kier alpha value is -3.13. The predicted octanol–water partition coefficient (Wildman–Crippen LogP) is 1.43. The van der Waals surface area contributed by atoms with Crippen LogP contribution in [-0.4, -0.2) is 56.5 Å². The molecule has 2 aromatic rings. The molecular weight excluding hydrogens is 398 g/mol. The van der Waals surface area contributed by atoms with Crippen molar-refractivity contribution in [2.24, 2.45) is 11.0 Å². The molecule has 8 heteroatoms. The number of quaternary nitrogens is 1. The summed E-state index contributed by atoms with van der Waals surface area (Å²) in [5, 5.41) is 6.25. The topological polar surface area (TPSA) is 85.8 Å². The second kappa shape index (κ2) is 9.34. The van der Waals surface area contributed by atoms with Gasteiger partial charge in [0, 0.05) is 19.3 Å². The molecule has 2 aliphatic rings. The lowest BCUT2D eigenvalue weighted by molar-refractivity contribution is -0.898. The molecule has 0 aliphatic carbocycles. The molecule has 1 N–H and O–H groups in total. The first kappa shape index (κ1) is 21.1. The summed E-state index contributed by atoms with van der Waals surface area (Å²) in [6.45, 7) is 1.87. The molecule has 0 saturated carbocycles. The molecule has 1 fully saturated rings. The van der Waals surface area contributed by atoms with Crippen molar-refractivity contribution in [2.45, 2.75) is 25.3 Å². The molecule has 31 heavy (non-hydrogen) atoms. The number of hydrogen-bond acceptors (Lipinski definition) is 6. The molecule has 0 bridgehead atoms. The number of furan rings is 1. The fraction of sp³-hybridized carbons (Fsp3) is 0.435. The normalized spacial score (nSPS) is 23.4. The molecule has 1 aromatic heterocycles. The third-order valence-electron chi connectivity index (χ3n) is 6.09. The highest BCUT2D eigenvalue weighted by atomic mass is 16.5. The van der Waals surface area contributed by atoms with Crippen molar-refractivity contribution in [3.63, 3.8) is 0 Å². The first-order chi connectivity index (χ1) is 15.1. The largest absolute Gasteiger partial charge is 0.497 e. The van der Waals surface area contributed by atoms with E-state index in [0.717, 1.165) is 53.6 Å². The third-order valence-corrected chi connectivity index (χ3v) is 6.09. The number of amides is 1. The summed E-state index contributed by atoms with van der Waals surface area (Å²) in [6.07, 6.45) is 3.67.